The number of fused-ring (bicyclic) bond motifs is 1. The average molecular weight is 420 g/mol. The molecule has 1 fully saturated rings. The molecule has 156 valence electrons. The van der Waals surface area contributed by atoms with Gasteiger partial charge >= 0.3 is 35.2 Å². The zero-order chi connectivity index (χ0) is 21.2. The smallest absolute Gasteiger partial charge is 0.550 e. The van der Waals surface area contributed by atoms with E-state index in [1.54, 1.807) is 12.1 Å². The first-order chi connectivity index (χ1) is 13.7. The van der Waals surface area contributed by atoms with Crippen LogP contribution in [-0.2, 0) is 4.79 Å². The van der Waals surface area contributed by atoms with E-state index in [2.05, 4.69) is 27.7 Å². The molecule has 1 aromatic heterocycles. The predicted octanol–water partition coefficient (Wildman–Crippen LogP) is 1.09. The standard InChI is InChI=1S/C24H30O5.Na/c1-15(2)19-9-5-16(3)24(4,20(19)10-11-22(25)26)14-28-18-8-6-17-7-12-23(27)29-21(17)13-18;/h6-8,12-13,16,20H,5,9-11,14H2,1-4H3,(H,25,26);/q;+1/p-1/t16-,20-,24-;/m0./s1. The minimum atomic E-state index is -1.01. The SMILES string of the molecule is CC(C)=C1CC[C@H](C)[C@](C)(COc2ccc3ccc(=O)oc3c2)[C@H]1CCC(=O)[O-].[Na+]. The minimum Gasteiger partial charge on any atom is -0.550 e. The topological polar surface area (TPSA) is 79.6 Å². The summed E-state index contributed by atoms with van der Waals surface area (Å²) in [6.45, 7) is 9.08. The summed E-state index contributed by atoms with van der Waals surface area (Å²) in [6, 6.07) is 8.61. The molecule has 2 aromatic rings. The summed E-state index contributed by atoms with van der Waals surface area (Å²) in [4.78, 5) is 22.6. The van der Waals surface area contributed by atoms with Crippen LogP contribution >= 0.6 is 0 Å². The second-order valence-electron chi connectivity index (χ2n) is 8.68. The number of hydrogen-bond donors (Lipinski definition) is 0. The van der Waals surface area contributed by atoms with Crippen molar-refractivity contribution in [2.75, 3.05) is 6.61 Å². The van der Waals surface area contributed by atoms with Gasteiger partial charge in [-0.1, -0.05) is 25.0 Å². The van der Waals surface area contributed by atoms with E-state index in [0.717, 1.165) is 18.2 Å². The molecule has 0 bridgehead atoms. The maximum Gasteiger partial charge on any atom is 1.00 e. The van der Waals surface area contributed by atoms with Crippen LogP contribution in [-0.4, -0.2) is 12.6 Å². The van der Waals surface area contributed by atoms with Gasteiger partial charge in [-0.25, -0.2) is 4.79 Å². The molecule has 1 saturated carbocycles. The number of carbonyl (C=O) groups excluding carboxylic acids is 1. The van der Waals surface area contributed by atoms with Crippen molar-refractivity contribution in [2.24, 2.45) is 17.3 Å². The fourth-order valence-electron chi connectivity index (χ4n) is 4.59. The number of aliphatic carboxylic acids is 1. The van der Waals surface area contributed by atoms with Crippen molar-refractivity contribution < 1.29 is 48.6 Å². The summed E-state index contributed by atoms with van der Waals surface area (Å²) in [5, 5.41) is 12.0. The Labute approximate surface area is 199 Å². The maximum atomic E-state index is 11.5. The van der Waals surface area contributed by atoms with E-state index in [0.29, 0.717) is 30.3 Å². The Kier molecular flexibility index (Phi) is 8.37. The second kappa shape index (κ2) is 10.2. The number of allylic oxidation sites excluding steroid dienone is 2. The van der Waals surface area contributed by atoms with Crippen LogP contribution in [0.4, 0.5) is 0 Å². The van der Waals surface area contributed by atoms with Gasteiger partial charge in [-0.2, -0.15) is 0 Å². The first kappa shape index (κ1) is 24.7. The van der Waals surface area contributed by atoms with Crippen molar-refractivity contribution in [1.82, 2.24) is 0 Å². The van der Waals surface area contributed by atoms with Gasteiger partial charge in [0.05, 0.1) is 6.61 Å². The summed E-state index contributed by atoms with van der Waals surface area (Å²) < 4.78 is 11.4. The van der Waals surface area contributed by atoms with Gasteiger partial charge in [0.15, 0.2) is 0 Å². The molecule has 1 aromatic carbocycles. The molecule has 1 heterocycles. The van der Waals surface area contributed by atoms with Crippen LogP contribution < -0.4 is 45.0 Å². The molecular formula is C24H29NaO5. The van der Waals surface area contributed by atoms with Crippen molar-refractivity contribution in [3.8, 4) is 5.75 Å². The first-order valence-electron chi connectivity index (χ1n) is 10.2. The molecule has 5 nitrogen and oxygen atoms in total. The van der Waals surface area contributed by atoms with Crippen LogP contribution in [0.15, 0.2) is 50.7 Å². The van der Waals surface area contributed by atoms with Crippen molar-refractivity contribution >= 4 is 16.9 Å². The normalized spacial score (nSPS) is 23.7. The molecule has 30 heavy (non-hydrogen) atoms. The summed E-state index contributed by atoms with van der Waals surface area (Å²) in [6.07, 6.45) is 2.65. The predicted molar refractivity (Wildman–Crippen MR) is 111 cm³/mol. The molecular weight excluding hydrogens is 391 g/mol. The average Bonchev–Trinajstić information content (AvgIpc) is 2.66. The first-order valence-corrected chi connectivity index (χ1v) is 10.2. The number of benzene rings is 1. The Morgan fingerprint density at radius 2 is 1.97 bits per heavy atom. The second-order valence-corrected chi connectivity index (χ2v) is 8.68. The van der Waals surface area contributed by atoms with Gasteiger partial charge in [0.2, 0.25) is 0 Å². The van der Waals surface area contributed by atoms with E-state index in [-0.39, 0.29) is 47.3 Å². The molecule has 6 heteroatoms. The largest absolute Gasteiger partial charge is 1.00 e. The fourth-order valence-corrected chi connectivity index (χ4v) is 4.59. The van der Waals surface area contributed by atoms with Gasteiger partial charge in [0.1, 0.15) is 11.3 Å². The third kappa shape index (κ3) is 5.37. The number of carboxylic acid groups (broad SMARTS) is 1. The van der Waals surface area contributed by atoms with E-state index < -0.39 is 11.6 Å². The monoisotopic (exact) mass is 420 g/mol. The van der Waals surface area contributed by atoms with Gasteiger partial charge in [0.25, 0.3) is 0 Å². The number of hydrogen-bond acceptors (Lipinski definition) is 5. The Morgan fingerprint density at radius 1 is 1.27 bits per heavy atom. The number of carbonyl (C=O) groups is 1. The quantitative estimate of drug-likeness (QED) is 0.397. The zero-order valence-electron chi connectivity index (χ0n) is 18.6. The van der Waals surface area contributed by atoms with Gasteiger partial charge in [0, 0.05) is 28.9 Å². The van der Waals surface area contributed by atoms with Gasteiger partial charge < -0.3 is 19.1 Å². The Morgan fingerprint density at radius 3 is 2.63 bits per heavy atom. The molecule has 0 amide bonds. The Bertz CT molecular complexity index is 988. The number of ether oxygens (including phenoxy) is 1. The van der Waals surface area contributed by atoms with Gasteiger partial charge in [-0.05, 0) is 69.6 Å². The molecule has 0 aliphatic heterocycles. The molecule has 1 aliphatic carbocycles. The Balaban J connectivity index is 0.00000320. The Hall–Kier alpha value is -1.56. The van der Waals surface area contributed by atoms with Crippen LogP contribution in [0.5, 0.6) is 5.75 Å². The molecule has 1 aliphatic rings. The van der Waals surface area contributed by atoms with E-state index in [4.69, 9.17) is 9.15 Å². The molecule has 0 saturated heterocycles. The van der Waals surface area contributed by atoms with Gasteiger partial charge in [-0.15, -0.1) is 0 Å². The van der Waals surface area contributed by atoms with Crippen molar-refractivity contribution in [3.05, 3.63) is 51.9 Å². The molecule has 0 spiro atoms. The minimum absolute atomic E-state index is 0. The van der Waals surface area contributed by atoms with Crippen molar-refractivity contribution in [3.63, 3.8) is 0 Å². The van der Waals surface area contributed by atoms with E-state index in [1.165, 1.54) is 17.2 Å². The molecule has 0 unspecified atom stereocenters. The van der Waals surface area contributed by atoms with Gasteiger partial charge in [-0.3, -0.25) is 0 Å². The maximum absolute atomic E-state index is 11.5. The van der Waals surface area contributed by atoms with Crippen molar-refractivity contribution in [2.45, 2.75) is 53.4 Å². The summed E-state index contributed by atoms with van der Waals surface area (Å²) in [5.41, 5.74) is 2.51. The molecule has 0 radical (unpaired) electrons. The van der Waals surface area contributed by atoms with E-state index in [1.807, 2.05) is 12.1 Å². The van der Waals surface area contributed by atoms with Crippen LogP contribution in [0.1, 0.15) is 53.4 Å². The van der Waals surface area contributed by atoms with E-state index in [9.17, 15) is 14.7 Å². The summed E-state index contributed by atoms with van der Waals surface area (Å²) in [5.74, 6) is 0.149. The summed E-state index contributed by atoms with van der Waals surface area (Å²) in [7, 11) is 0. The van der Waals surface area contributed by atoms with Crippen LogP contribution in [0.2, 0.25) is 0 Å². The molecule has 0 N–H and O–H groups in total. The fraction of sp³-hybridized carbons (Fsp3) is 0.500. The van der Waals surface area contributed by atoms with Crippen molar-refractivity contribution in [1.29, 1.82) is 0 Å². The molecule has 3 atom stereocenters. The summed E-state index contributed by atoms with van der Waals surface area (Å²) >= 11 is 0. The number of carboxylic acids is 1. The van der Waals surface area contributed by atoms with Crippen LogP contribution in [0.25, 0.3) is 11.0 Å². The number of rotatable bonds is 6. The van der Waals surface area contributed by atoms with Crippen LogP contribution in [0.3, 0.4) is 0 Å². The van der Waals surface area contributed by atoms with Crippen LogP contribution in [0, 0.1) is 17.3 Å². The zero-order valence-corrected chi connectivity index (χ0v) is 20.6. The third-order valence-corrected chi connectivity index (χ3v) is 6.61. The third-order valence-electron chi connectivity index (χ3n) is 6.61. The van der Waals surface area contributed by atoms with E-state index >= 15 is 0 Å². The molecule has 3 rings (SSSR count).